The predicted octanol–water partition coefficient (Wildman–Crippen LogP) is -0.152. The van der Waals surface area contributed by atoms with Gasteiger partial charge in [0.15, 0.2) is 0 Å². The largest absolute Gasteiger partial charge is 1.00 e. The minimum Gasteiger partial charge on any atom is -0.445 e. The van der Waals surface area contributed by atoms with Gasteiger partial charge in [-0.25, -0.2) is 4.79 Å². The smallest absolute Gasteiger partial charge is 0.445 e. The average molecular weight is 277 g/mol. The maximum absolute atomic E-state index is 12.1. The molecule has 0 spiro atoms. The van der Waals surface area contributed by atoms with Crippen molar-refractivity contribution in [2.45, 2.75) is 32.8 Å². The zero-order valence-electron chi connectivity index (χ0n) is 10.6. The fraction of sp³-hybridized carbons (Fsp3) is 0.667. The molecule has 0 aromatic rings. The van der Waals surface area contributed by atoms with Gasteiger partial charge in [0.25, 0.3) is 0 Å². The summed E-state index contributed by atoms with van der Waals surface area (Å²) in [6.45, 7) is 2.77. The summed E-state index contributed by atoms with van der Waals surface area (Å²) in [5, 5.41) is 2.23. The van der Waals surface area contributed by atoms with E-state index in [0.29, 0.717) is 0 Å². The molecular formula is C9H16BF3KNO2. The van der Waals surface area contributed by atoms with Crippen molar-refractivity contribution < 1.29 is 73.9 Å². The molecule has 0 aliphatic rings. The number of alkyl carbamates (subject to hydrolysis) is 1. The van der Waals surface area contributed by atoms with Crippen LogP contribution >= 0.6 is 0 Å². The van der Waals surface area contributed by atoms with E-state index in [0.717, 1.165) is 0 Å². The van der Waals surface area contributed by atoms with E-state index in [1.807, 2.05) is 0 Å². The molecule has 0 heterocycles. The molecule has 0 rings (SSSR count). The van der Waals surface area contributed by atoms with Crippen LogP contribution in [-0.4, -0.2) is 25.2 Å². The number of nitrogens with one attached hydrogen (secondary N) is 1. The van der Waals surface area contributed by atoms with Gasteiger partial charge in [0, 0.05) is 6.54 Å². The van der Waals surface area contributed by atoms with Gasteiger partial charge in [-0.15, -0.1) is 12.1 Å². The Morgan fingerprint density at radius 3 is 2.18 bits per heavy atom. The minimum atomic E-state index is -5.02. The molecule has 0 saturated carbocycles. The normalized spacial score (nSPS) is 11.4. The summed E-state index contributed by atoms with van der Waals surface area (Å²) in [4.78, 5) is 11.1. The molecule has 1 amide bonds. The molecular weight excluding hydrogens is 261 g/mol. The summed E-state index contributed by atoms with van der Waals surface area (Å²) < 4.78 is 41.0. The van der Waals surface area contributed by atoms with E-state index in [1.165, 1.54) is 0 Å². The summed E-state index contributed by atoms with van der Waals surface area (Å²) in [7, 11) is 0. The van der Waals surface area contributed by atoms with Crippen LogP contribution in [0.3, 0.4) is 0 Å². The van der Waals surface area contributed by atoms with Crippen LogP contribution in [0.25, 0.3) is 0 Å². The Morgan fingerprint density at radius 1 is 1.35 bits per heavy atom. The van der Waals surface area contributed by atoms with Crippen LogP contribution in [0.1, 0.15) is 27.2 Å². The Balaban J connectivity index is 0. The second-order valence-corrected chi connectivity index (χ2v) is 4.41. The fourth-order valence-electron chi connectivity index (χ4n) is 0.803. The molecule has 0 aliphatic carbocycles. The molecule has 0 radical (unpaired) electrons. The molecule has 17 heavy (non-hydrogen) atoms. The molecule has 1 N–H and O–H groups in total. The number of ether oxygens (including phenoxy) is 1. The van der Waals surface area contributed by atoms with Crippen LogP contribution < -0.4 is 56.7 Å². The SMILES string of the molecule is C=C(CCNC(=O)OC(C)(C)C)[B-](F)(F)F.[K+]. The first-order chi connectivity index (χ1) is 7.02. The number of halogens is 3. The zero-order chi connectivity index (χ0) is 13.0. The van der Waals surface area contributed by atoms with E-state index in [-0.39, 0.29) is 64.4 Å². The van der Waals surface area contributed by atoms with E-state index >= 15 is 0 Å². The number of rotatable bonds is 4. The Morgan fingerprint density at radius 2 is 1.82 bits per heavy atom. The molecule has 8 heteroatoms. The summed E-state index contributed by atoms with van der Waals surface area (Å²) in [5.41, 5.74) is -1.47. The average Bonchev–Trinajstić information content (AvgIpc) is 1.98. The first-order valence-corrected chi connectivity index (χ1v) is 4.87. The predicted molar refractivity (Wildman–Crippen MR) is 57.1 cm³/mol. The summed E-state index contributed by atoms with van der Waals surface area (Å²) in [5.74, 6) is 0. The van der Waals surface area contributed by atoms with Crippen molar-refractivity contribution in [3.8, 4) is 0 Å². The van der Waals surface area contributed by atoms with E-state index in [2.05, 4.69) is 11.9 Å². The molecule has 3 nitrogen and oxygen atoms in total. The summed E-state index contributed by atoms with van der Waals surface area (Å²) in [6, 6.07) is 0. The Kier molecular flexibility index (Phi) is 9.14. The Labute approximate surface area is 142 Å². The quantitative estimate of drug-likeness (QED) is 0.726. The number of carbonyl (C=O) groups is 1. The van der Waals surface area contributed by atoms with Crippen LogP contribution in [0.5, 0.6) is 0 Å². The van der Waals surface area contributed by atoms with Gasteiger partial charge in [0.05, 0.1) is 0 Å². The standard InChI is InChI=1S/C9H16BF3NO2.K/c1-7(10(11,12)13)5-6-14-8(15)16-9(2,3)4;/h1,5-6H2,2-4H3,(H,14,15);/q-1;+1. The molecule has 0 fully saturated rings. The van der Waals surface area contributed by atoms with Gasteiger partial charge in [-0.3, -0.25) is 0 Å². The van der Waals surface area contributed by atoms with Gasteiger partial charge < -0.3 is 23.0 Å². The van der Waals surface area contributed by atoms with Crippen LogP contribution in [-0.2, 0) is 4.74 Å². The topological polar surface area (TPSA) is 38.3 Å². The van der Waals surface area contributed by atoms with E-state index in [4.69, 9.17) is 4.74 Å². The van der Waals surface area contributed by atoms with E-state index < -0.39 is 24.1 Å². The second-order valence-electron chi connectivity index (χ2n) is 4.41. The Bertz CT molecular complexity index is 276. The van der Waals surface area contributed by atoms with Gasteiger partial charge in [-0.05, 0) is 27.2 Å². The van der Waals surface area contributed by atoms with E-state index in [1.54, 1.807) is 20.8 Å². The van der Waals surface area contributed by atoms with Gasteiger partial charge in [-0.2, -0.15) is 0 Å². The molecule has 0 aromatic carbocycles. The third kappa shape index (κ3) is 11.3. The minimum absolute atomic E-state index is 0. The van der Waals surface area contributed by atoms with Crippen molar-refractivity contribution in [3.05, 3.63) is 12.1 Å². The van der Waals surface area contributed by atoms with Crippen molar-refractivity contribution >= 4 is 13.1 Å². The van der Waals surface area contributed by atoms with Crippen LogP contribution in [0, 0.1) is 0 Å². The number of hydrogen-bond donors (Lipinski definition) is 1. The van der Waals surface area contributed by atoms with Gasteiger partial charge >= 0.3 is 64.5 Å². The van der Waals surface area contributed by atoms with Crippen molar-refractivity contribution in [1.82, 2.24) is 5.32 Å². The van der Waals surface area contributed by atoms with Gasteiger partial charge in [0.2, 0.25) is 0 Å². The Hall–Kier alpha value is 0.501. The van der Waals surface area contributed by atoms with Gasteiger partial charge in [0.1, 0.15) is 5.60 Å². The molecule has 0 bridgehead atoms. The molecule has 0 unspecified atom stereocenters. The molecule has 0 aromatic heterocycles. The van der Waals surface area contributed by atoms with Crippen LogP contribution in [0.15, 0.2) is 12.1 Å². The first-order valence-electron chi connectivity index (χ1n) is 4.87. The van der Waals surface area contributed by atoms with Crippen LogP contribution in [0.2, 0.25) is 0 Å². The third-order valence-corrected chi connectivity index (χ3v) is 1.58. The number of hydrogen-bond acceptors (Lipinski definition) is 2. The maximum Gasteiger partial charge on any atom is 1.00 e. The number of amides is 1. The molecule has 0 aliphatic heterocycles. The molecule has 0 atom stereocenters. The fourth-order valence-corrected chi connectivity index (χ4v) is 0.803. The maximum atomic E-state index is 12.1. The zero-order valence-corrected chi connectivity index (χ0v) is 13.8. The van der Waals surface area contributed by atoms with Crippen molar-refractivity contribution in [2.75, 3.05) is 6.54 Å². The summed E-state index contributed by atoms with van der Waals surface area (Å²) in [6.07, 6.45) is -1.04. The monoisotopic (exact) mass is 277 g/mol. The third-order valence-electron chi connectivity index (χ3n) is 1.58. The van der Waals surface area contributed by atoms with Crippen molar-refractivity contribution in [1.29, 1.82) is 0 Å². The first kappa shape index (κ1) is 19.8. The van der Waals surface area contributed by atoms with Crippen molar-refractivity contribution in [3.63, 3.8) is 0 Å². The number of carbonyl (C=O) groups excluding carboxylic acids is 1. The second kappa shape index (κ2) is 7.83. The summed E-state index contributed by atoms with van der Waals surface area (Å²) >= 11 is 0. The van der Waals surface area contributed by atoms with Crippen LogP contribution in [0.4, 0.5) is 17.7 Å². The molecule has 0 saturated heterocycles. The van der Waals surface area contributed by atoms with E-state index in [9.17, 15) is 17.7 Å². The van der Waals surface area contributed by atoms with Crippen molar-refractivity contribution in [2.24, 2.45) is 0 Å². The molecule has 94 valence electrons. The van der Waals surface area contributed by atoms with Gasteiger partial charge in [-0.1, -0.05) is 0 Å².